The lowest BCUT2D eigenvalue weighted by Gasteiger charge is -2.31. The molecule has 1 aromatic heterocycles. The van der Waals surface area contributed by atoms with Gasteiger partial charge in [0, 0.05) is 11.8 Å². The smallest absolute Gasteiger partial charge is 0.189 e. The minimum absolute atomic E-state index is 0.0733. The number of thioether (sulfide) groups is 1. The molecule has 0 saturated heterocycles. The standard InChI is InChI=1S/C13H9BrN2OS/c14-8-5-16-10-9-6(8)1-3-15-11(9)13-7(12(10)17)2-4-18-13/h1-4,7-8,13H,5H2. The fraction of sp³-hybridized carbons (Fsp3) is 0.308. The van der Waals surface area contributed by atoms with Crippen molar-refractivity contribution in [2.24, 2.45) is 10.9 Å². The van der Waals surface area contributed by atoms with Crippen LogP contribution >= 0.6 is 27.7 Å². The third-order valence-corrected chi connectivity index (χ3v) is 5.55. The van der Waals surface area contributed by atoms with E-state index < -0.39 is 0 Å². The molecule has 0 aromatic carbocycles. The minimum atomic E-state index is -0.0733. The molecule has 0 N–H and O–H groups in total. The second kappa shape index (κ2) is 3.78. The molecule has 3 unspecified atom stereocenters. The highest BCUT2D eigenvalue weighted by Crippen LogP contribution is 2.49. The van der Waals surface area contributed by atoms with Crippen molar-refractivity contribution in [2.45, 2.75) is 10.1 Å². The molecule has 0 fully saturated rings. The molecule has 18 heavy (non-hydrogen) atoms. The van der Waals surface area contributed by atoms with E-state index in [9.17, 15) is 4.79 Å². The number of pyridine rings is 1. The highest BCUT2D eigenvalue weighted by atomic mass is 79.9. The van der Waals surface area contributed by atoms with Crippen molar-refractivity contribution in [3.8, 4) is 0 Å². The maximum Gasteiger partial charge on any atom is 0.189 e. The van der Waals surface area contributed by atoms with Crippen LogP contribution in [0.25, 0.3) is 0 Å². The summed E-state index contributed by atoms with van der Waals surface area (Å²) in [5, 5.41) is 2.15. The van der Waals surface area contributed by atoms with Crippen LogP contribution < -0.4 is 0 Å². The Morgan fingerprint density at radius 2 is 2.33 bits per heavy atom. The van der Waals surface area contributed by atoms with Gasteiger partial charge in [-0.25, -0.2) is 0 Å². The molecule has 0 bridgehead atoms. The topological polar surface area (TPSA) is 42.3 Å². The number of alkyl halides is 1. The lowest BCUT2D eigenvalue weighted by atomic mass is 9.80. The van der Waals surface area contributed by atoms with Crippen LogP contribution in [0.15, 0.2) is 28.7 Å². The van der Waals surface area contributed by atoms with Gasteiger partial charge in [-0.15, -0.1) is 11.8 Å². The van der Waals surface area contributed by atoms with Gasteiger partial charge in [-0.3, -0.25) is 14.8 Å². The molecule has 4 rings (SSSR count). The lowest BCUT2D eigenvalue weighted by molar-refractivity contribution is -0.115. The number of carbonyl (C=O) groups excluding carboxylic acids is 1. The number of hydrogen-bond acceptors (Lipinski definition) is 4. The molecule has 0 radical (unpaired) electrons. The summed E-state index contributed by atoms with van der Waals surface area (Å²) >= 11 is 5.31. The molecular weight excluding hydrogens is 312 g/mol. The average Bonchev–Trinajstić information content (AvgIpc) is 2.87. The zero-order valence-electron chi connectivity index (χ0n) is 9.34. The number of Topliss-reactive ketones (excluding diaryl/α,β-unsaturated/α-hetero) is 1. The number of ketones is 1. The molecule has 0 saturated carbocycles. The van der Waals surface area contributed by atoms with Gasteiger partial charge in [-0.05, 0) is 17.0 Å². The zero-order chi connectivity index (χ0) is 12.3. The molecule has 2 aliphatic heterocycles. The molecule has 0 spiro atoms. The number of aliphatic imine (C=N–C) groups is 1. The SMILES string of the molecule is O=C1C2=NCC(Br)c3ccnc(c32)C2SC=CC12. The number of halogens is 1. The Morgan fingerprint density at radius 3 is 3.22 bits per heavy atom. The van der Waals surface area contributed by atoms with E-state index in [1.807, 2.05) is 23.7 Å². The highest BCUT2D eigenvalue weighted by molar-refractivity contribution is 9.09. The van der Waals surface area contributed by atoms with E-state index in [-0.39, 0.29) is 21.8 Å². The fourth-order valence-electron chi connectivity index (χ4n) is 2.80. The van der Waals surface area contributed by atoms with Crippen LogP contribution in [0, 0.1) is 5.92 Å². The van der Waals surface area contributed by atoms with Crippen molar-refractivity contribution >= 4 is 39.2 Å². The minimum Gasteiger partial charge on any atom is -0.292 e. The van der Waals surface area contributed by atoms with Crippen LogP contribution in [0.2, 0.25) is 0 Å². The lowest BCUT2D eigenvalue weighted by Crippen LogP contribution is -2.36. The molecule has 5 heteroatoms. The summed E-state index contributed by atoms with van der Waals surface area (Å²) in [7, 11) is 0. The Morgan fingerprint density at radius 1 is 1.44 bits per heavy atom. The summed E-state index contributed by atoms with van der Waals surface area (Å²) in [4.78, 5) is 21.6. The third kappa shape index (κ3) is 1.29. The summed E-state index contributed by atoms with van der Waals surface area (Å²) in [6.07, 6.45) is 3.83. The van der Waals surface area contributed by atoms with Crippen molar-refractivity contribution in [1.29, 1.82) is 0 Å². The maximum atomic E-state index is 12.5. The fourth-order valence-corrected chi connectivity index (χ4v) is 4.44. The monoisotopic (exact) mass is 320 g/mol. The summed E-state index contributed by atoms with van der Waals surface area (Å²) in [6, 6.07) is 1.99. The Balaban J connectivity index is 2.03. The number of rotatable bonds is 0. The molecule has 1 aliphatic carbocycles. The number of hydrogen-bond donors (Lipinski definition) is 0. The molecular formula is C13H9BrN2OS. The van der Waals surface area contributed by atoms with E-state index in [1.54, 1.807) is 11.8 Å². The predicted molar refractivity (Wildman–Crippen MR) is 75.3 cm³/mol. The van der Waals surface area contributed by atoms with Crippen LogP contribution in [-0.4, -0.2) is 23.0 Å². The first kappa shape index (κ1) is 10.9. The number of fused-ring (bicyclic) bond motifs is 2. The van der Waals surface area contributed by atoms with Crippen LogP contribution in [0.5, 0.6) is 0 Å². The van der Waals surface area contributed by atoms with Crippen LogP contribution in [0.3, 0.4) is 0 Å². The Hall–Kier alpha value is -0.940. The molecule has 0 amide bonds. The van der Waals surface area contributed by atoms with Crippen LogP contribution in [-0.2, 0) is 4.79 Å². The third-order valence-electron chi connectivity index (χ3n) is 3.64. The van der Waals surface area contributed by atoms with Gasteiger partial charge in [-0.2, -0.15) is 0 Å². The van der Waals surface area contributed by atoms with Crippen molar-refractivity contribution in [3.63, 3.8) is 0 Å². The summed E-state index contributed by atoms with van der Waals surface area (Å²) < 4.78 is 0. The first-order valence-electron chi connectivity index (χ1n) is 5.81. The Bertz CT molecular complexity index is 625. The van der Waals surface area contributed by atoms with Gasteiger partial charge in [0.2, 0.25) is 0 Å². The average molecular weight is 321 g/mol. The quantitative estimate of drug-likeness (QED) is 0.690. The van der Waals surface area contributed by atoms with E-state index >= 15 is 0 Å². The van der Waals surface area contributed by atoms with Gasteiger partial charge >= 0.3 is 0 Å². The number of carbonyl (C=O) groups is 1. The van der Waals surface area contributed by atoms with Gasteiger partial charge < -0.3 is 0 Å². The van der Waals surface area contributed by atoms with Gasteiger partial charge in [0.1, 0.15) is 5.71 Å². The molecule has 3 nitrogen and oxygen atoms in total. The predicted octanol–water partition coefficient (Wildman–Crippen LogP) is 2.82. The molecule has 3 atom stereocenters. The second-order valence-corrected chi connectivity index (χ2v) is 6.75. The normalized spacial score (nSPS) is 31.9. The summed E-state index contributed by atoms with van der Waals surface area (Å²) in [5.41, 5.74) is 3.80. The Kier molecular flexibility index (Phi) is 2.29. The maximum absolute atomic E-state index is 12.5. The van der Waals surface area contributed by atoms with E-state index in [0.717, 1.165) is 16.8 Å². The van der Waals surface area contributed by atoms with Crippen LogP contribution in [0.4, 0.5) is 0 Å². The first-order chi connectivity index (χ1) is 8.77. The van der Waals surface area contributed by atoms with Crippen molar-refractivity contribution in [1.82, 2.24) is 4.98 Å². The number of allylic oxidation sites excluding steroid dienone is 1. The van der Waals surface area contributed by atoms with E-state index in [2.05, 4.69) is 25.9 Å². The van der Waals surface area contributed by atoms with Gasteiger partial charge in [0.05, 0.1) is 28.2 Å². The van der Waals surface area contributed by atoms with Crippen molar-refractivity contribution in [2.75, 3.05) is 6.54 Å². The van der Waals surface area contributed by atoms with Gasteiger partial charge in [0.25, 0.3) is 0 Å². The van der Waals surface area contributed by atoms with E-state index in [4.69, 9.17) is 0 Å². The Labute approximate surface area is 117 Å². The summed E-state index contributed by atoms with van der Waals surface area (Å²) in [6.45, 7) is 0.631. The second-order valence-electron chi connectivity index (χ2n) is 4.59. The molecule has 3 heterocycles. The van der Waals surface area contributed by atoms with Crippen LogP contribution in [0.1, 0.15) is 26.9 Å². The molecule has 1 aromatic rings. The molecule has 3 aliphatic rings. The first-order valence-corrected chi connectivity index (χ1v) is 7.67. The van der Waals surface area contributed by atoms with Crippen molar-refractivity contribution < 1.29 is 4.79 Å². The van der Waals surface area contributed by atoms with E-state index in [1.165, 1.54) is 0 Å². The summed E-state index contributed by atoms with van der Waals surface area (Å²) in [5.74, 6) is 0.0817. The molecule has 90 valence electrons. The largest absolute Gasteiger partial charge is 0.292 e. The highest BCUT2D eigenvalue weighted by Gasteiger charge is 2.44. The van der Waals surface area contributed by atoms with Crippen molar-refractivity contribution in [3.05, 3.63) is 40.6 Å². The number of nitrogens with zero attached hydrogens (tertiary/aromatic N) is 2. The van der Waals surface area contributed by atoms with Gasteiger partial charge in [0.15, 0.2) is 5.78 Å². The van der Waals surface area contributed by atoms with E-state index in [0.29, 0.717) is 12.3 Å². The van der Waals surface area contributed by atoms with Gasteiger partial charge in [-0.1, -0.05) is 22.0 Å². The zero-order valence-corrected chi connectivity index (χ0v) is 11.7. The number of aromatic nitrogens is 1.